The molecular weight excluding hydrogens is 251 g/mol. The highest BCUT2D eigenvalue weighted by Crippen LogP contribution is 2.25. The van der Waals surface area contributed by atoms with Crippen molar-refractivity contribution in [3.63, 3.8) is 0 Å². The van der Waals surface area contributed by atoms with Crippen molar-refractivity contribution in [2.75, 3.05) is 19.7 Å². The average Bonchev–Trinajstić information content (AvgIpc) is 2.73. The topological polar surface area (TPSA) is 58.6 Å². The third kappa shape index (κ3) is 5.22. The van der Waals surface area contributed by atoms with E-state index in [1.54, 1.807) is 0 Å². The number of aliphatic carboxylic acids is 1. The molecule has 0 aromatic rings. The molecule has 0 aromatic heterocycles. The summed E-state index contributed by atoms with van der Waals surface area (Å²) in [6.45, 7) is -0.0713. The van der Waals surface area contributed by atoms with Crippen molar-refractivity contribution in [3.05, 3.63) is 0 Å². The number of hydrogen-bond donors (Lipinski definition) is 2. The number of nitrogens with one attached hydrogen (secondary N) is 1. The summed E-state index contributed by atoms with van der Waals surface area (Å²) in [6.07, 6.45) is -0.239. The van der Waals surface area contributed by atoms with Crippen LogP contribution in [0.2, 0.25) is 0 Å². The van der Waals surface area contributed by atoms with E-state index in [1.807, 2.05) is 0 Å². The Bertz CT molecular complexity index is 265. The highest BCUT2D eigenvalue weighted by molar-refractivity contribution is 5.71. The average molecular weight is 269 g/mol. The summed E-state index contributed by atoms with van der Waals surface area (Å²) in [6, 6.07) is 0. The molecule has 106 valence electrons. The number of carboxylic acids is 1. The minimum atomic E-state index is -4.72. The molecule has 7 heteroatoms. The molecule has 1 unspecified atom stereocenters. The monoisotopic (exact) mass is 269 g/mol. The Morgan fingerprint density at radius 3 is 2.50 bits per heavy atom. The summed E-state index contributed by atoms with van der Waals surface area (Å²) < 4.78 is 42.3. The number of ether oxygens (including phenoxy) is 1. The van der Waals surface area contributed by atoms with Crippen LogP contribution in [-0.2, 0) is 9.53 Å². The Hall–Kier alpha value is -0.820. The highest BCUT2D eigenvalue weighted by Gasteiger charge is 2.44. The number of alkyl halides is 3. The zero-order valence-corrected chi connectivity index (χ0v) is 10.0. The minimum Gasteiger partial charge on any atom is -0.481 e. The SMILES string of the molecule is O=C(O)C(CNCCOC1CCCC1)C(F)(F)F. The van der Waals surface area contributed by atoms with Crippen molar-refractivity contribution in [2.45, 2.75) is 38.0 Å². The first-order chi connectivity index (χ1) is 8.41. The summed E-state index contributed by atoms with van der Waals surface area (Å²) in [5.41, 5.74) is 0. The van der Waals surface area contributed by atoms with Crippen molar-refractivity contribution < 1.29 is 27.8 Å². The van der Waals surface area contributed by atoms with Gasteiger partial charge in [0.15, 0.2) is 5.92 Å². The first kappa shape index (κ1) is 15.2. The fraction of sp³-hybridized carbons (Fsp3) is 0.909. The van der Waals surface area contributed by atoms with E-state index in [-0.39, 0.29) is 12.6 Å². The molecule has 0 aliphatic heterocycles. The molecule has 0 radical (unpaired) electrons. The number of rotatable bonds is 7. The Morgan fingerprint density at radius 1 is 1.39 bits per heavy atom. The standard InChI is InChI=1S/C11H18F3NO3/c12-11(13,14)9(10(16)17)7-15-5-6-18-8-3-1-2-4-8/h8-9,15H,1-7H2,(H,16,17). The van der Waals surface area contributed by atoms with E-state index in [9.17, 15) is 18.0 Å². The Labute approximate surface area is 103 Å². The van der Waals surface area contributed by atoms with Crippen molar-refractivity contribution in [1.82, 2.24) is 5.32 Å². The Kier molecular flexibility index (Phi) is 5.87. The van der Waals surface area contributed by atoms with Crippen LogP contribution >= 0.6 is 0 Å². The lowest BCUT2D eigenvalue weighted by Gasteiger charge is -2.17. The second-order valence-electron chi connectivity index (χ2n) is 4.41. The van der Waals surface area contributed by atoms with E-state index >= 15 is 0 Å². The molecule has 1 aliphatic rings. The van der Waals surface area contributed by atoms with Crippen LogP contribution in [0.25, 0.3) is 0 Å². The molecule has 4 nitrogen and oxygen atoms in total. The Morgan fingerprint density at radius 2 is 2.00 bits per heavy atom. The largest absolute Gasteiger partial charge is 0.481 e. The van der Waals surface area contributed by atoms with Gasteiger partial charge < -0.3 is 15.2 Å². The molecule has 0 bridgehead atoms. The molecule has 0 spiro atoms. The fourth-order valence-corrected chi connectivity index (χ4v) is 1.94. The van der Waals surface area contributed by atoms with Crippen LogP contribution in [0.3, 0.4) is 0 Å². The van der Waals surface area contributed by atoms with E-state index in [2.05, 4.69) is 5.32 Å². The maximum Gasteiger partial charge on any atom is 0.403 e. The van der Waals surface area contributed by atoms with Crippen molar-refractivity contribution in [2.24, 2.45) is 5.92 Å². The molecule has 1 atom stereocenters. The first-order valence-electron chi connectivity index (χ1n) is 6.03. The molecular formula is C11H18F3NO3. The van der Waals surface area contributed by atoms with E-state index in [0.717, 1.165) is 25.7 Å². The van der Waals surface area contributed by atoms with Gasteiger partial charge in [0.1, 0.15) is 0 Å². The van der Waals surface area contributed by atoms with Gasteiger partial charge in [0.25, 0.3) is 0 Å². The molecule has 2 N–H and O–H groups in total. The lowest BCUT2D eigenvalue weighted by molar-refractivity contribution is -0.192. The van der Waals surface area contributed by atoms with Crippen LogP contribution in [0, 0.1) is 5.92 Å². The lowest BCUT2D eigenvalue weighted by Crippen LogP contribution is -2.40. The van der Waals surface area contributed by atoms with Crippen molar-refractivity contribution >= 4 is 5.97 Å². The summed E-state index contributed by atoms with van der Waals surface area (Å²) in [7, 11) is 0. The smallest absolute Gasteiger partial charge is 0.403 e. The maximum atomic E-state index is 12.3. The van der Waals surface area contributed by atoms with Crippen molar-refractivity contribution in [3.8, 4) is 0 Å². The third-order valence-electron chi connectivity index (χ3n) is 2.98. The third-order valence-corrected chi connectivity index (χ3v) is 2.98. The van der Waals surface area contributed by atoms with E-state index in [4.69, 9.17) is 9.84 Å². The van der Waals surface area contributed by atoms with Gasteiger partial charge in [-0.3, -0.25) is 4.79 Å². The van der Waals surface area contributed by atoms with Gasteiger partial charge in [-0.2, -0.15) is 13.2 Å². The van der Waals surface area contributed by atoms with Crippen molar-refractivity contribution in [1.29, 1.82) is 0 Å². The number of carbonyl (C=O) groups is 1. The normalized spacial score (nSPS) is 19.1. The van der Waals surface area contributed by atoms with Crippen LogP contribution in [0.5, 0.6) is 0 Å². The molecule has 0 amide bonds. The van der Waals surface area contributed by atoms with Crippen LogP contribution in [-0.4, -0.2) is 43.1 Å². The highest BCUT2D eigenvalue weighted by atomic mass is 19.4. The number of halogens is 3. The summed E-state index contributed by atoms with van der Waals surface area (Å²) in [5.74, 6) is -4.21. The number of hydrogen-bond acceptors (Lipinski definition) is 3. The number of carboxylic acid groups (broad SMARTS) is 1. The lowest BCUT2D eigenvalue weighted by atomic mass is 10.1. The molecule has 1 rings (SSSR count). The fourth-order valence-electron chi connectivity index (χ4n) is 1.94. The second kappa shape index (κ2) is 6.94. The molecule has 1 fully saturated rings. The van der Waals surface area contributed by atoms with Crippen LogP contribution in [0.4, 0.5) is 13.2 Å². The quantitative estimate of drug-likeness (QED) is 0.692. The zero-order chi connectivity index (χ0) is 13.6. The van der Waals surface area contributed by atoms with Gasteiger partial charge in [-0.15, -0.1) is 0 Å². The van der Waals surface area contributed by atoms with E-state index in [0.29, 0.717) is 6.61 Å². The predicted octanol–water partition coefficient (Wildman–Crippen LogP) is 1.80. The minimum absolute atomic E-state index is 0.213. The van der Waals surface area contributed by atoms with Gasteiger partial charge >= 0.3 is 12.1 Å². The summed E-state index contributed by atoms with van der Waals surface area (Å²) in [5, 5.41) is 10.9. The summed E-state index contributed by atoms with van der Waals surface area (Å²) in [4.78, 5) is 10.4. The van der Waals surface area contributed by atoms with Crippen LogP contribution in [0.1, 0.15) is 25.7 Å². The second-order valence-corrected chi connectivity index (χ2v) is 4.41. The van der Waals surface area contributed by atoms with E-state index < -0.39 is 24.6 Å². The van der Waals surface area contributed by atoms with Crippen LogP contribution in [0.15, 0.2) is 0 Å². The molecule has 1 saturated carbocycles. The predicted molar refractivity (Wildman–Crippen MR) is 58.3 cm³/mol. The van der Waals surface area contributed by atoms with Gasteiger partial charge in [0.05, 0.1) is 12.7 Å². The Balaban J connectivity index is 2.13. The maximum absolute atomic E-state index is 12.3. The van der Waals surface area contributed by atoms with E-state index in [1.165, 1.54) is 0 Å². The van der Waals surface area contributed by atoms with Crippen LogP contribution < -0.4 is 5.32 Å². The zero-order valence-electron chi connectivity index (χ0n) is 10.0. The molecule has 0 saturated heterocycles. The van der Waals surface area contributed by atoms with Gasteiger partial charge in [0.2, 0.25) is 0 Å². The first-order valence-corrected chi connectivity index (χ1v) is 6.03. The molecule has 1 aliphatic carbocycles. The van der Waals surface area contributed by atoms with Gasteiger partial charge in [0, 0.05) is 13.1 Å². The summed E-state index contributed by atoms with van der Waals surface area (Å²) >= 11 is 0. The molecule has 0 heterocycles. The van der Waals surface area contributed by atoms with Gasteiger partial charge in [-0.05, 0) is 12.8 Å². The molecule has 18 heavy (non-hydrogen) atoms. The van der Waals surface area contributed by atoms with Gasteiger partial charge in [-0.1, -0.05) is 12.8 Å². The molecule has 0 aromatic carbocycles. The van der Waals surface area contributed by atoms with Gasteiger partial charge in [-0.25, -0.2) is 0 Å².